The molecule has 29 heavy (non-hydrogen) atoms. The van der Waals surface area contributed by atoms with Crippen LogP contribution in [0.25, 0.3) is 0 Å². The first-order valence-corrected chi connectivity index (χ1v) is 10.3. The van der Waals surface area contributed by atoms with E-state index in [1.54, 1.807) is 0 Å². The maximum absolute atomic E-state index is 12.4. The van der Waals surface area contributed by atoms with Gasteiger partial charge in [-0.15, -0.1) is 0 Å². The lowest BCUT2D eigenvalue weighted by Crippen LogP contribution is -2.39. The molecule has 156 valence electrons. The molecule has 1 aromatic carbocycles. The molecule has 0 atom stereocenters. The summed E-state index contributed by atoms with van der Waals surface area (Å²) in [5.74, 6) is 0.149. The number of likely N-dealkylation sites (tertiary alicyclic amines) is 1. The number of amides is 2. The summed E-state index contributed by atoms with van der Waals surface area (Å²) in [6.07, 6.45) is 2.45. The van der Waals surface area contributed by atoms with Gasteiger partial charge in [0.25, 0.3) is 0 Å². The van der Waals surface area contributed by atoms with E-state index in [2.05, 4.69) is 28.1 Å². The third kappa shape index (κ3) is 6.07. The monoisotopic (exact) mass is 398 g/mol. The van der Waals surface area contributed by atoms with Gasteiger partial charge in [0.1, 0.15) is 6.61 Å². The van der Waals surface area contributed by atoms with Crippen LogP contribution in [0.15, 0.2) is 36.4 Å². The number of nitrogens with one attached hydrogen (secondary N) is 1. The van der Waals surface area contributed by atoms with Gasteiger partial charge >= 0.3 is 6.09 Å². The number of rotatable bonds is 7. The van der Waals surface area contributed by atoms with E-state index in [1.807, 2.05) is 42.2 Å². The lowest BCUT2D eigenvalue weighted by Gasteiger charge is -2.32. The lowest BCUT2D eigenvalue weighted by atomic mass is 10.0. The number of carbonyl (C=O) groups is 2. The molecule has 1 aliphatic rings. The summed E-state index contributed by atoms with van der Waals surface area (Å²) in [4.78, 5) is 26.1. The van der Waals surface area contributed by atoms with E-state index in [0.29, 0.717) is 25.4 Å². The molecule has 2 aromatic rings. The molecule has 1 aromatic heterocycles. The number of benzene rings is 1. The Labute approximate surface area is 172 Å². The first-order valence-electron chi connectivity index (χ1n) is 10.3. The quantitative estimate of drug-likeness (QED) is 0.726. The summed E-state index contributed by atoms with van der Waals surface area (Å²) in [7, 11) is 0. The second-order valence-corrected chi connectivity index (χ2v) is 7.58. The largest absolute Gasteiger partial charge is 0.445 e. The summed E-state index contributed by atoms with van der Waals surface area (Å²) in [6, 6.07) is 12.0. The van der Waals surface area contributed by atoms with Gasteiger partial charge < -0.3 is 15.0 Å². The van der Waals surface area contributed by atoms with E-state index in [9.17, 15) is 9.59 Å². The van der Waals surface area contributed by atoms with E-state index < -0.39 is 6.09 Å². The first-order chi connectivity index (χ1) is 14.0. The molecular formula is C22H30N4O3. The fraction of sp³-hybridized carbons (Fsp3) is 0.500. The number of piperidine rings is 1. The Bertz CT molecular complexity index is 811. The summed E-state index contributed by atoms with van der Waals surface area (Å²) >= 11 is 0. The molecule has 0 saturated carbocycles. The first kappa shape index (κ1) is 20.9. The van der Waals surface area contributed by atoms with Crippen LogP contribution in [0.3, 0.4) is 0 Å². The van der Waals surface area contributed by atoms with Gasteiger partial charge in [0.05, 0.1) is 11.7 Å². The predicted molar refractivity (Wildman–Crippen MR) is 110 cm³/mol. The van der Waals surface area contributed by atoms with Crippen molar-refractivity contribution in [3.63, 3.8) is 0 Å². The van der Waals surface area contributed by atoms with E-state index in [1.165, 1.54) is 5.69 Å². The fourth-order valence-electron chi connectivity index (χ4n) is 3.74. The van der Waals surface area contributed by atoms with Crippen molar-refractivity contribution in [2.45, 2.75) is 52.2 Å². The lowest BCUT2D eigenvalue weighted by molar-refractivity contribution is -0.132. The van der Waals surface area contributed by atoms with Crippen LogP contribution in [-0.4, -0.2) is 46.3 Å². The Morgan fingerprint density at radius 2 is 1.90 bits per heavy atom. The van der Waals surface area contributed by atoms with Crippen LogP contribution in [-0.2, 0) is 16.1 Å². The molecule has 3 rings (SSSR count). The average molecular weight is 399 g/mol. The van der Waals surface area contributed by atoms with Crippen LogP contribution < -0.4 is 5.32 Å². The van der Waals surface area contributed by atoms with Crippen LogP contribution in [0.4, 0.5) is 4.79 Å². The van der Waals surface area contributed by atoms with Gasteiger partial charge in [-0.1, -0.05) is 30.3 Å². The molecule has 7 heteroatoms. The molecule has 0 aliphatic carbocycles. The second kappa shape index (κ2) is 10.1. The predicted octanol–water partition coefficient (Wildman–Crippen LogP) is 3.37. The zero-order valence-corrected chi connectivity index (χ0v) is 17.3. The number of carbonyl (C=O) groups excluding carboxylic acids is 2. The highest BCUT2D eigenvalue weighted by Crippen LogP contribution is 2.24. The summed E-state index contributed by atoms with van der Waals surface area (Å²) in [5, 5.41) is 7.28. The molecule has 1 aliphatic heterocycles. The van der Waals surface area contributed by atoms with Crippen LogP contribution in [0.5, 0.6) is 0 Å². The third-order valence-electron chi connectivity index (χ3n) is 5.26. The SMILES string of the molecule is Cc1cc(C)n(C2CCN(C(=O)CCCNC(=O)OCc3ccccc3)CC2)n1. The van der Waals surface area contributed by atoms with Crippen molar-refractivity contribution in [2.24, 2.45) is 0 Å². The van der Waals surface area contributed by atoms with Gasteiger partial charge in [0, 0.05) is 31.7 Å². The Balaban J connectivity index is 1.30. The van der Waals surface area contributed by atoms with Gasteiger partial charge in [-0.25, -0.2) is 4.79 Å². The van der Waals surface area contributed by atoms with Crippen LogP contribution >= 0.6 is 0 Å². The summed E-state index contributed by atoms with van der Waals surface area (Å²) in [6.45, 7) is 6.28. The van der Waals surface area contributed by atoms with Crippen LogP contribution in [0, 0.1) is 13.8 Å². The van der Waals surface area contributed by atoms with E-state index in [4.69, 9.17) is 4.74 Å². The summed E-state index contributed by atoms with van der Waals surface area (Å²) in [5.41, 5.74) is 3.16. The number of nitrogens with zero attached hydrogens (tertiary/aromatic N) is 3. The fourth-order valence-corrected chi connectivity index (χ4v) is 3.74. The van der Waals surface area contributed by atoms with Crippen molar-refractivity contribution in [1.82, 2.24) is 20.0 Å². The van der Waals surface area contributed by atoms with Crippen molar-refractivity contribution < 1.29 is 14.3 Å². The van der Waals surface area contributed by atoms with E-state index >= 15 is 0 Å². The van der Waals surface area contributed by atoms with Gasteiger partial charge in [-0.2, -0.15) is 5.10 Å². The smallest absolute Gasteiger partial charge is 0.407 e. The molecular weight excluding hydrogens is 368 g/mol. The molecule has 0 radical (unpaired) electrons. The second-order valence-electron chi connectivity index (χ2n) is 7.58. The topological polar surface area (TPSA) is 76.5 Å². The molecule has 1 saturated heterocycles. The van der Waals surface area contributed by atoms with Gasteiger partial charge in [0.15, 0.2) is 0 Å². The standard InChI is InChI=1S/C22H30N4O3/c1-17-15-18(2)26(24-17)20-10-13-25(14-11-20)21(27)9-6-12-23-22(28)29-16-19-7-4-3-5-8-19/h3-5,7-8,15,20H,6,9-14,16H2,1-2H3,(H,23,28). The molecule has 0 unspecified atom stereocenters. The number of alkyl carbamates (subject to hydrolysis) is 1. The Morgan fingerprint density at radius 3 is 2.55 bits per heavy atom. The highest BCUT2D eigenvalue weighted by molar-refractivity contribution is 5.76. The Kier molecular flexibility index (Phi) is 7.27. The molecule has 2 heterocycles. The zero-order chi connectivity index (χ0) is 20.6. The Morgan fingerprint density at radius 1 is 1.17 bits per heavy atom. The zero-order valence-electron chi connectivity index (χ0n) is 17.3. The van der Waals surface area contributed by atoms with Crippen molar-refractivity contribution >= 4 is 12.0 Å². The Hall–Kier alpha value is -2.83. The van der Waals surface area contributed by atoms with Crippen molar-refractivity contribution in [2.75, 3.05) is 19.6 Å². The maximum Gasteiger partial charge on any atom is 0.407 e. The minimum Gasteiger partial charge on any atom is -0.445 e. The molecule has 2 amide bonds. The van der Waals surface area contributed by atoms with E-state index in [0.717, 1.165) is 37.2 Å². The molecule has 0 bridgehead atoms. The number of aryl methyl sites for hydroxylation is 2. The van der Waals surface area contributed by atoms with Crippen LogP contribution in [0.2, 0.25) is 0 Å². The van der Waals surface area contributed by atoms with Gasteiger partial charge in [0.2, 0.25) is 5.91 Å². The highest BCUT2D eigenvalue weighted by Gasteiger charge is 2.24. The van der Waals surface area contributed by atoms with Crippen molar-refractivity contribution in [1.29, 1.82) is 0 Å². The average Bonchev–Trinajstić information content (AvgIpc) is 3.08. The minimum absolute atomic E-state index is 0.149. The summed E-state index contributed by atoms with van der Waals surface area (Å²) < 4.78 is 7.26. The third-order valence-corrected chi connectivity index (χ3v) is 5.26. The highest BCUT2D eigenvalue weighted by atomic mass is 16.5. The van der Waals surface area contributed by atoms with Crippen molar-refractivity contribution in [3.8, 4) is 0 Å². The normalized spacial score (nSPS) is 14.6. The van der Waals surface area contributed by atoms with Gasteiger partial charge in [-0.3, -0.25) is 9.48 Å². The van der Waals surface area contributed by atoms with Crippen molar-refractivity contribution in [3.05, 3.63) is 53.3 Å². The molecule has 7 nitrogen and oxygen atoms in total. The van der Waals surface area contributed by atoms with Crippen LogP contribution in [0.1, 0.15) is 48.7 Å². The van der Waals surface area contributed by atoms with E-state index in [-0.39, 0.29) is 12.5 Å². The number of aromatic nitrogens is 2. The maximum atomic E-state index is 12.4. The number of hydrogen-bond donors (Lipinski definition) is 1. The molecule has 1 fully saturated rings. The molecule has 1 N–H and O–H groups in total. The number of hydrogen-bond acceptors (Lipinski definition) is 4. The van der Waals surface area contributed by atoms with Gasteiger partial charge in [-0.05, 0) is 44.7 Å². The molecule has 0 spiro atoms. The number of ether oxygens (including phenoxy) is 1. The minimum atomic E-state index is -0.452.